The Balaban J connectivity index is 2.63. The molecule has 0 radical (unpaired) electrons. The van der Waals surface area contributed by atoms with Crippen LogP contribution >= 0.6 is 0 Å². The first-order valence-corrected chi connectivity index (χ1v) is 5.63. The van der Waals surface area contributed by atoms with Gasteiger partial charge in [-0.1, -0.05) is 0 Å². The van der Waals surface area contributed by atoms with E-state index in [1.54, 1.807) is 0 Å². The van der Waals surface area contributed by atoms with E-state index >= 15 is 0 Å². The highest BCUT2D eigenvalue weighted by Gasteiger charge is 2.59. The Morgan fingerprint density at radius 1 is 1.37 bits per heavy atom. The Labute approximate surface area is 106 Å². The smallest absolute Gasteiger partial charge is 0.278 e. The Kier molecular flexibility index (Phi) is 3.15. The number of hydrogen-bond donors (Lipinski definition) is 2. The van der Waals surface area contributed by atoms with Crippen molar-refractivity contribution in [1.82, 2.24) is 5.32 Å². The summed E-state index contributed by atoms with van der Waals surface area (Å²) in [5, 5.41) is 1.89. The normalized spacial score (nSPS) is 26.0. The zero-order chi connectivity index (χ0) is 14.3. The van der Waals surface area contributed by atoms with Gasteiger partial charge in [0.15, 0.2) is 5.54 Å². The van der Waals surface area contributed by atoms with Crippen LogP contribution in [0.2, 0.25) is 0 Å². The van der Waals surface area contributed by atoms with Crippen molar-refractivity contribution in [3.8, 4) is 0 Å². The van der Waals surface area contributed by atoms with Crippen LogP contribution in [0.4, 0.5) is 23.2 Å². The average molecular weight is 276 g/mol. The molecule has 1 aromatic rings. The molecule has 0 aliphatic carbocycles. The van der Waals surface area contributed by atoms with Crippen LogP contribution in [0.5, 0.6) is 0 Å². The number of halogens is 4. The SMILES string of the molecule is Nc1ccc(F)c(C2(CF)NC(=O)CCC2(F)F)c1. The summed E-state index contributed by atoms with van der Waals surface area (Å²) in [4.78, 5) is 11.3. The first kappa shape index (κ1) is 13.6. The highest BCUT2D eigenvalue weighted by atomic mass is 19.3. The van der Waals surface area contributed by atoms with E-state index in [-0.39, 0.29) is 5.69 Å². The van der Waals surface area contributed by atoms with Gasteiger partial charge in [-0.15, -0.1) is 0 Å². The van der Waals surface area contributed by atoms with Crippen molar-refractivity contribution in [2.45, 2.75) is 24.3 Å². The summed E-state index contributed by atoms with van der Waals surface area (Å²) in [6.07, 6.45) is -1.27. The van der Waals surface area contributed by atoms with Crippen molar-refractivity contribution in [3.05, 3.63) is 29.6 Å². The second kappa shape index (κ2) is 4.40. The molecule has 1 aromatic carbocycles. The summed E-state index contributed by atoms with van der Waals surface area (Å²) in [5.74, 6) is -5.37. The average Bonchev–Trinajstić information content (AvgIpc) is 2.35. The van der Waals surface area contributed by atoms with Crippen molar-refractivity contribution in [2.75, 3.05) is 12.4 Å². The molecule has 0 spiro atoms. The predicted molar refractivity (Wildman–Crippen MR) is 60.8 cm³/mol. The van der Waals surface area contributed by atoms with Gasteiger partial charge in [-0.3, -0.25) is 4.79 Å². The number of amides is 1. The minimum absolute atomic E-state index is 0.0137. The van der Waals surface area contributed by atoms with Crippen molar-refractivity contribution in [1.29, 1.82) is 0 Å². The van der Waals surface area contributed by atoms with Gasteiger partial charge in [0.1, 0.15) is 12.5 Å². The van der Waals surface area contributed by atoms with Crippen LogP contribution in [0.25, 0.3) is 0 Å². The molecule has 3 nitrogen and oxygen atoms in total. The molecule has 1 aliphatic rings. The summed E-state index contributed by atoms with van der Waals surface area (Å²) in [5.41, 5.74) is 2.11. The van der Waals surface area contributed by atoms with E-state index < -0.39 is 48.3 Å². The molecule has 1 atom stereocenters. The molecule has 7 heteroatoms. The summed E-state index contributed by atoms with van der Waals surface area (Å²) in [6.45, 7) is -1.62. The van der Waals surface area contributed by atoms with E-state index in [0.29, 0.717) is 0 Å². The van der Waals surface area contributed by atoms with Gasteiger partial charge in [-0.05, 0) is 18.2 Å². The van der Waals surface area contributed by atoms with Crippen LogP contribution in [0, 0.1) is 5.82 Å². The molecular weight excluding hydrogens is 264 g/mol. The maximum atomic E-state index is 14.0. The fraction of sp³-hybridized carbons (Fsp3) is 0.417. The number of carbonyl (C=O) groups is 1. The van der Waals surface area contributed by atoms with Gasteiger partial charge < -0.3 is 11.1 Å². The zero-order valence-corrected chi connectivity index (χ0v) is 9.85. The van der Waals surface area contributed by atoms with E-state index in [1.165, 1.54) is 6.07 Å². The molecule has 0 bridgehead atoms. The molecule has 19 heavy (non-hydrogen) atoms. The van der Waals surface area contributed by atoms with E-state index in [9.17, 15) is 22.4 Å². The highest BCUT2D eigenvalue weighted by Crippen LogP contribution is 2.45. The lowest BCUT2D eigenvalue weighted by molar-refractivity contribution is -0.156. The molecule has 2 rings (SSSR count). The molecule has 3 N–H and O–H groups in total. The molecule has 1 saturated heterocycles. The molecule has 104 valence electrons. The maximum absolute atomic E-state index is 14.0. The Morgan fingerprint density at radius 3 is 2.68 bits per heavy atom. The first-order valence-electron chi connectivity index (χ1n) is 5.63. The van der Waals surface area contributed by atoms with E-state index in [4.69, 9.17) is 5.73 Å². The first-order chi connectivity index (χ1) is 8.82. The van der Waals surface area contributed by atoms with Gasteiger partial charge in [0, 0.05) is 24.1 Å². The topological polar surface area (TPSA) is 55.1 Å². The Bertz CT molecular complexity index is 520. The lowest BCUT2D eigenvalue weighted by Gasteiger charge is -2.42. The number of piperidine rings is 1. The second-order valence-corrected chi connectivity index (χ2v) is 4.53. The van der Waals surface area contributed by atoms with Crippen molar-refractivity contribution < 1.29 is 22.4 Å². The van der Waals surface area contributed by atoms with Gasteiger partial charge in [-0.2, -0.15) is 0 Å². The molecule has 1 unspecified atom stereocenters. The molecule has 1 fully saturated rings. The number of benzene rings is 1. The van der Waals surface area contributed by atoms with Gasteiger partial charge in [-0.25, -0.2) is 17.6 Å². The van der Waals surface area contributed by atoms with Crippen LogP contribution in [0.15, 0.2) is 18.2 Å². The number of alkyl halides is 3. The number of nitrogen functional groups attached to an aromatic ring is 1. The quantitative estimate of drug-likeness (QED) is 0.642. The van der Waals surface area contributed by atoms with E-state index in [1.807, 2.05) is 5.32 Å². The van der Waals surface area contributed by atoms with Crippen LogP contribution < -0.4 is 11.1 Å². The Morgan fingerprint density at radius 2 is 2.05 bits per heavy atom. The van der Waals surface area contributed by atoms with Crippen LogP contribution in [0.1, 0.15) is 18.4 Å². The fourth-order valence-electron chi connectivity index (χ4n) is 2.21. The van der Waals surface area contributed by atoms with Crippen molar-refractivity contribution in [2.24, 2.45) is 0 Å². The standard InChI is InChI=1S/C12H12F4N2O/c13-6-11(8-5-7(17)1-2-9(8)14)12(15,16)4-3-10(19)18-11/h1-2,5H,3-4,6,17H2,(H,18,19). The van der Waals surface area contributed by atoms with E-state index in [2.05, 4.69) is 0 Å². The third-order valence-electron chi connectivity index (χ3n) is 3.29. The summed E-state index contributed by atoms with van der Waals surface area (Å²) in [7, 11) is 0. The molecule has 1 aliphatic heterocycles. The maximum Gasteiger partial charge on any atom is 0.278 e. The predicted octanol–water partition coefficient (Wildman–Crippen LogP) is 2.12. The highest BCUT2D eigenvalue weighted by molar-refractivity contribution is 5.78. The van der Waals surface area contributed by atoms with Crippen molar-refractivity contribution >= 4 is 11.6 Å². The minimum Gasteiger partial charge on any atom is -0.399 e. The fourth-order valence-corrected chi connectivity index (χ4v) is 2.21. The number of carbonyl (C=O) groups excluding carboxylic acids is 1. The zero-order valence-electron chi connectivity index (χ0n) is 9.85. The van der Waals surface area contributed by atoms with Crippen LogP contribution in [-0.4, -0.2) is 18.5 Å². The van der Waals surface area contributed by atoms with Crippen LogP contribution in [-0.2, 0) is 10.3 Å². The summed E-state index contributed by atoms with van der Waals surface area (Å²) in [6, 6.07) is 2.97. The largest absolute Gasteiger partial charge is 0.399 e. The summed E-state index contributed by atoms with van der Waals surface area (Å²) >= 11 is 0. The lowest BCUT2D eigenvalue weighted by Crippen LogP contribution is -2.63. The summed E-state index contributed by atoms with van der Waals surface area (Å²) < 4.78 is 55.1. The van der Waals surface area contributed by atoms with Gasteiger partial charge >= 0.3 is 0 Å². The molecular formula is C12H12F4N2O. The minimum atomic E-state index is -3.59. The number of nitrogens with one attached hydrogen (secondary N) is 1. The van der Waals surface area contributed by atoms with Gasteiger partial charge in [0.25, 0.3) is 5.92 Å². The Hall–Kier alpha value is -1.79. The number of nitrogens with two attached hydrogens (primary N) is 1. The molecule has 1 amide bonds. The third-order valence-corrected chi connectivity index (χ3v) is 3.29. The van der Waals surface area contributed by atoms with Gasteiger partial charge in [0.05, 0.1) is 0 Å². The van der Waals surface area contributed by atoms with E-state index in [0.717, 1.165) is 12.1 Å². The monoisotopic (exact) mass is 276 g/mol. The molecule has 1 heterocycles. The lowest BCUT2D eigenvalue weighted by atomic mass is 9.79. The number of rotatable bonds is 2. The number of hydrogen-bond acceptors (Lipinski definition) is 2. The molecule has 0 aromatic heterocycles. The number of anilines is 1. The van der Waals surface area contributed by atoms with Crippen molar-refractivity contribution in [3.63, 3.8) is 0 Å². The third kappa shape index (κ3) is 2.02. The molecule has 0 saturated carbocycles. The second-order valence-electron chi connectivity index (χ2n) is 4.53. The van der Waals surface area contributed by atoms with Gasteiger partial charge in [0.2, 0.25) is 5.91 Å². The van der Waals surface area contributed by atoms with Crippen LogP contribution in [0.3, 0.4) is 0 Å².